The summed E-state index contributed by atoms with van der Waals surface area (Å²) in [6.07, 6.45) is 1.59. The zero-order valence-corrected chi connectivity index (χ0v) is 18.1. The van der Waals surface area contributed by atoms with E-state index in [1.165, 1.54) is 23.9 Å². The highest BCUT2D eigenvalue weighted by Gasteiger charge is 2.16. The van der Waals surface area contributed by atoms with Crippen molar-refractivity contribution in [3.05, 3.63) is 78.3 Å². The van der Waals surface area contributed by atoms with Crippen LogP contribution in [0.15, 0.2) is 76.5 Å². The predicted molar refractivity (Wildman–Crippen MR) is 119 cm³/mol. The van der Waals surface area contributed by atoms with Gasteiger partial charge in [-0.25, -0.2) is 4.39 Å². The molecular weight excluding hydrogens is 431 g/mol. The molecule has 164 valence electrons. The molecule has 9 heteroatoms. The van der Waals surface area contributed by atoms with Crippen LogP contribution in [0.2, 0.25) is 0 Å². The molecule has 0 aliphatic carbocycles. The van der Waals surface area contributed by atoms with E-state index in [0.717, 1.165) is 5.56 Å². The number of carbonyl (C=O) groups is 1. The molecule has 0 atom stereocenters. The summed E-state index contributed by atoms with van der Waals surface area (Å²) in [4.78, 5) is 12.3. The van der Waals surface area contributed by atoms with E-state index >= 15 is 0 Å². The summed E-state index contributed by atoms with van der Waals surface area (Å²) in [5.74, 6) is 2.28. The number of ether oxygens (including phenoxy) is 1. The van der Waals surface area contributed by atoms with E-state index in [1.807, 2.05) is 29.7 Å². The monoisotopic (exact) mass is 452 g/mol. The maximum atomic E-state index is 13.0. The highest BCUT2D eigenvalue weighted by Crippen LogP contribution is 2.24. The SMILES string of the molecule is CCn1c(SCC(=O)NCc2ccc(Oc3ccc(F)cc3)cc2)nnc1-c1ccco1. The third-order valence-corrected chi connectivity index (χ3v) is 5.54. The molecule has 32 heavy (non-hydrogen) atoms. The van der Waals surface area contributed by atoms with Crippen LogP contribution in [0.25, 0.3) is 11.6 Å². The van der Waals surface area contributed by atoms with Gasteiger partial charge in [0.2, 0.25) is 5.91 Å². The van der Waals surface area contributed by atoms with Gasteiger partial charge in [-0.1, -0.05) is 23.9 Å². The van der Waals surface area contributed by atoms with Gasteiger partial charge >= 0.3 is 0 Å². The van der Waals surface area contributed by atoms with Crippen molar-refractivity contribution in [2.45, 2.75) is 25.2 Å². The number of rotatable bonds is 9. The van der Waals surface area contributed by atoms with Gasteiger partial charge in [-0.2, -0.15) is 0 Å². The number of thioether (sulfide) groups is 1. The number of nitrogens with zero attached hydrogens (tertiary/aromatic N) is 3. The van der Waals surface area contributed by atoms with Crippen LogP contribution < -0.4 is 10.1 Å². The minimum Gasteiger partial charge on any atom is -0.461 e. The molecule has 4 rings (SSSR count). The molecule has 4 aromatic rings. The second-order valence-electron chi connectivity index (χ2n) is 6.79. The van der Waals surface area contributed by atoms with E-state index in [1.54, 1.807) is 36.6 Å². The minimum absolute atomic E-state index is 0.105. The second kappa shape index (κ2) is 10.1. The lowest BCUT2D eigenvalue weighted by Gasteiger charge is -2.08. The molecule has 7 nitrogen and oxygen atoms in total. The normalized spacial score (nSPS) is 10.8. The molecule has 0 bridgehead atoms. The summed E-state index contributed by atoms with van der Waals surface area (Å²) < 4.78 is 26.0. The first-order valence-corrected chi connectivity index (χ1v) is 11.0. The van der Waals surface area contributed by atoms with E-state index in [9.17, 15) is 9.18 Å². The van der Waals surface area contributed by atoms with Gasteiger partial charge in [0.05, 0.1) is 12.0 Å². The number of furan rings is 1. The van der Waals surface area contributed by atoms with Crippen LogP contribution in [0.3, 0.4) is 0 Å². The largest absolute Gasteiger partial charge is 0.461 e. The summed E-state index contributed by atoms with van der Waals surface area (Å²) in [6, 6.07) is 16.8. The summed E-state index contributed by atoms with van der Waals surface area (Å²) in [5, 5.41) is 11.9. The first kappa shape index (κ1) is 21.6. The molecule has 0 saturated carbocycles. The molecule has 0 saturated heterocycles. The molecule has 0 spiro atoms. The van der Waals surface area contributed by atoms with Gasteiger partial charge in [0.15, 0.2) is 16.7 Å². The smallest absolute Gasteiger partial charge is 0.230 e. The highest BCUT2D eigenvalue weighted by molar-refractivity contribution is 7.99. The van der Waals surface area contributed by atoms with Gasteiger partial charge < -0.3 is 14.5 Å². The van der Waals surface area contributed by atoms with E-state index in [0.29, 0.717) is 41.3 Å². The third-order valence-electron chi connectivity index (χ3n) is 4.57. The van der Waals surface area contributed by atoms with Crippen LogP contribution in [0.5, 0.6) is 11.5 Å². The van der Waals surface area contributed by atoms with Gasteiger partial charge in [0.1, 0.15) is 17.3 Å². The van der Waals surface area contributed by atoms with Gasteiger partial charge in [-0.15, -0.1) is 10.2 Å². The molecule has 0 aliphatic rings. The van der Waals surface area contributed by atoms with E-state index in [4.69, 9.17) is 9.15 Å². The average molecular weight is 453 g/mol. The lowest BCUT2D eigenvalue weighted by atomic mass is 10.2. The van der Waals surface area contributed by atoms with Crippen molar-refractivity contribution < 1.29 is 18.3 Å². The van der Waals surface area contributed by atoms with Crippen molar-refractivity contribution >= 4 is 17.7 Å². The molecular formula is C23H21FN4O3S. The Labute approximate surface area is 188 Å². The number of hydrogen-bond donors (Lipinski definition) is 1. The highest BCUT2D eigenvalue weighted by atomic mass is 32.2. The molecule has 0 fully saturated rings. The number of halogens is 1. The van der Waals surface area contributed by atoms with E-state index < -0.39 is 0 Å². The zero-order valence-electron chi connectivity index (χ0n) is 17.3. The summed E-state index contributed by atoms with van der Waals surface area (Å²) in [5.41, 5.74) is 0.937. The number of aromatic nitrogens is 3. The Morgan fingerprint density at radius 2 is 1.81 bits per heavy atom. The second-order valence-corrected chi connectivity index (χ2v) is 7.74. The fraction of sp³-hybridized carbons (Fsp3) is 0.174. The first-order chi connectivity index (χ1) is 15.6. The lowest BCUT2D eigenvalue weighted by molar-refractivity contribution is -0.118. The third kappa shape index (κ3) is 5.36. The molecule has 0 radical (unpaired) electrons. The Bertz CT molecular complexity index is 1160. The Kier molecular flexibility index (Phi) is 6.86. The Morgan fingerprint density at radius 1 is 1.09 bits per heavy atom. The quantitative estimate of drug-likeness (QED) is 0.364. The topological polar surface area (TPSA) is 82.2 Å². The maximum Gasteiger partial charge on any atom is 0.230 e. The minimum atomic E-state index is -0.311. The van der Waals surface area contributed by atoms with Gasteiger partial charge in [-0.05, 0) is 61.0 Å². The predicted octanol–water partition coefficient (Wildman–Crippen LogP) is 4.90. The Morgan fingerprint density at radius 3 is 2.47 bits per heavy atom. The standard InChI is InChI=1S/C23H21FN4O3S/c1-2-28-22(20-4-3-13-30-20)26-27-23(28)32-15-21(29)25-14-16-5-9-18(10-6-16)31-19-11-7-17(24)8-12-19/h3-13H,2,14-15H2,1H3,(H,25,29). The summed E-state index contributed by atoms with van der Waals surface area (Å²) in [7, 11) is 0. The van der Waals surface area contributed by atoms with Crippen molar-refractivity contribution in [2.75, 3.05) is 5.75 Å². The van der Waals surface area contributed by atoms with Crippen LogP contribution in [0, 0.1) is 5.82 Å². The molecule has 2 aromatic carbocycles. The molecule has 2 aromatic heterocycles. The van der Waals surface area contributed by atoms with Crippen molar-refractivity contribution in [1.82, 2.24) is 20.1 Å². The van der Waals surface area contributed by atoms with Crippen molar-refractivity contribution in [1.29, 1.82) is 0 Å². The zero-order chi connectivity index (χ0) is 22.3. The first-order valence-electron chi connectivity index (χ1n) is 10.0. The van der Waals surface area contributed by atoms with Crippen molar-refractivity contribution in [3.63, 3.8) is 0 Å². The number of carbonyl (C=O) groups excluding carboxylic acids is 1. The fourth-order valence-corrected chi connectivity index (χ4v) is 3.80. The van der Waals surface area contributed by atoms with Crippen molar-refractivity contribution in [3.8, 4) is 23.1 Å². The van der Waals surface area contributed by atoms with Crippen LogP contribution in [-0.4, -0.2) is 26.4 Å². The average Bonchev–Trinajstić information content (AvgIpc) is 3.48. The molecule has 0 unspecified atom stereocenters. The molecule has 1 N–H and O–H groups in total. The van der Waals surface area contributed by atoms with Gasteiger partial charge in [-0.3, -0.25) is 9.36 Å². The van der Waals surface area contributed by atoms with Gasteiger partial charge in [0.25, 0.3) is 0 Å². The van der Waals surface area contributed by atoms with Crippen LogP contribution in [0.1, 0.15) is 12.5 Å². The summed E-state index contributed by atoms with van der Waals surface area (Å²) >= 11 is 1.33. The van der Waals surface area contributed by atoms with Crippen LogP contribution in [-0.2, 0) is 17.9 Å². The van der Waals surface area contributed by atoms with E-state index in [2.05, 4.69) is 15.5 Å². The fourth-order valence-electron chi connectivity index (χ4n) is 2.96. The number of hydrogen-bond acceptors (Lipinski definition) is 6. The van der Waals surface area contributed by atoms with Crippen LogP contribution in [0.4, 0.5) is 4.39 Å². The Hall–Kier alpha value is -3.59. The Balaban J connectivity index is 1.27. The number of amides is 1. The lowest BCUT2D eigenvalue weighted by Crippen LogP contribution is -2.24. The molecule has 0 aliphatic heterocycles. The maximum absolute atomic E-state index is 13.0. The van der Waals surface area contributed by atoms with E-state index in [-0.39, 0.29) is 17.5 Å². The van der Waals surface area contributed by atoms with Gasteiger partial charge in [0, 0.05) is 13.1 Å². The van der Waals surface area contributed by atoms with Crippen molar-refractivity contribution in [2.24, 2.45) is 0 Å². The molecule has 1 amide bonds. The number of nitrogens with one attached hydrogen (secondary N) is 1. The molecule has 2 heterocycles. The number of benzene rings is 2. The summed E-state index contributed by atoms with van der Waals surface area (Å²) in [6.45, 7) is 3.05. The van der Waals surface area contributed by atoms with Crippen LogP contribution >= 0.6 is 11.8 Å².